The summed E-state index contributed by atoms with van der Waals surface area (Å²) in [6, 6.07) is 18.1. The van der Waals surface area contributed by atoms with E-state index in [1.807, 2.05) is 49.5 Å². The molecule has 0 aliphatic heterocycles. The van der Waals surface area contributed by atoms with Gasteiger partial charge in [0.25, 0.3) is 0 Å². The highest BCUT2D eigenvalue weighted by Crippen LogP contribution is 2.31. The largest absolute Gasteiger partial charge is 0.497 e. The third-order valence-corrected chi connectivity index (χ3v) is 6.48. The van der Waals surface area contributed by atoms with Gasteiger partial charge in [0, 0.05) is 17.8 Å². The van der Waals surface area contributed by atoms with Gasteiger partial charge >= 0.3 is 0 Å². The van der Waals surface area contributed by atoms with E-state index in [1.54, 1.807) is 22.7 Å². The molecule has 1 amide bonds. The number of hydrogen-bond donors (Lipinski definition) is 1. The quantitative estimate of drug-likeness (QED) is 0.297. The van der Waals surface area contributed by atoms with Crippen LogP contribution in [0.3, 0.4) is 0 Å². The van der Waals surface area contributed by atoms with E-state index in [-0.39, 0.29) is 12.5 Å². The van der Waals surface area contributed by atoms with Crippen LogP contribution in [0.25, 0.3) is 22.2 Å². The summed E-state index contributed by atoms with van der Waals surface area (Å²) in [5.41, 5.74) is 5.82. The minimum absolute atomic E-state index is 0.0145. The molecule has 9 heteroatoms. The number of nitrogens with one attached hydrogen (secondary N) is 1. The van der Waals surface area contributed by atoms with Crippen molar-refractivity contribution in [2.75, 3.05) is 12.4 Å². The maximum atomic E-state index is 12.9. The van der Waals surface area contributed by atoms with E-state index in [2.05, 4.69) is 61.6 Å². The number of hydrogen-bond acceptors (Lipinski definition) is 5. The second-order valence-corrected chi connectivity index (χ2v) is 9.44. The fraction of sp³-hybridized carbons (Fsp3) is 0.185. The number of anilines is 1. The SMILES string of the molecule is COc1ccc(-c2ccnc3c2c(C)nn3CC(=O)Nc2nn(Cc3cccc(C)c3)cc2Br)cc1. The molecule has 5 rings (SSSR count). The normalized spacial score (nSPS) is 11.1. The smallest absolute Gasteiger partial charge is 0.247 e. The summed E-state index contributed by atoms with van der Waals surface area (Å²) in [4.78, 5) is 17.5. The van der Waals surface area contributed by atoms with Crippen molar-refractivity contribution in [3.63, 3.8) is 0 Å². The van der Waals surface area contributed by atoms with E-state index in [4.69, 9.17) is 4.74 Å². The van der Waals surface area contributed by atoms with Crippen LogP contribution in [-0.2, 0) is 17.9 Å². The summed E-state index contributed by atoms with van der Waals surface area (Å²) in [5.74, 6) is 1.02. The summed E-state index contributed by atoms with van der Waals surface area (Å²) < 4.78 is 9.41. The molecule has 0 spiro atoms. The van der Waals surface area contributed by atoms with Gasteiger partial charge in [-0.05, 0) is 64.7 Å². The van der Waals surface area contributed by atoms with E-state index >= 15 is 0 Å². The Hall–Kier alpha value is -3.98. The Bertz CT molecular complexity index is 1550. The van der Waals surface area contributed by atoms with Gasteiger partial charge in [-0.3, -0.25) is 9.48 Å². The average Bonchev–Trinajstić information content (AvgIpc) is 3.37. The first kappa shape index (κ1) is 23.7. The van der Waals surface area contributed by atoms with E-state index < -0.39 is 0 Å². The lowest BCUT2D eigenvalue weighted by Gasteiger charge is -2.07. The Labute approximate surface area is 217 Å². The summed E-state index contributed by atoms with van der Waals surface area (Å²) in [6.07, 6.45) is 3.59. The molecule has 36 heavy (non-hydrogen) atoms. The van der Waals surface area contributed by atoms with Crippen LogP contribution in [-0.4, -0.2) is 37.6 Å². The number of aryl methyl sites for hydroxylation is 2. The predicted octanol–water partition coefficient (Wildman–Crippen LogP) is 5.37. The first-order valence-electron chi connectivity index (χ1n) is 11.5. The van der Waals surface area contributed by atoms with Gasteiger partial charge in [0.1, 0.15) is 12.3 Å². The standard InChI is InChI=1S/C27H25BrN6O2/c1-17-5-4-6-19(13-17)14-33-15-23(28)26(32-33)30-24(35)16-34-27-25(18(2)31-34)22(11-12-29-27)20-7-9-21(36-3)10-8-20/h4-13,15H,14,16H2,1-3H3,(H,30,32,35). The fourth-order valence-electron chi connectivity index (χ4n) is 4.27. The van der Waals surface area contributed by atoms with Crippen molar-refractivity contribution in [1.82, 2.24) is 24.5 Å². The predicted molar refractivity (Wildman–Crippen MR) is 143 cm³/mol. The Kier molecular flexibility index (Phi) is 6.56. The molecule has 0 aliphatic rings. The second kappa shape index (κ2) is 9.94. The second-order valence-electron chi connectivity index (χ2n) is 8.59. The van der Waals surface area contributed by atoms with E-state index in [1.165, 1.54) is 5.56 Å². The fourth-order valence-corrected chi connectivity index (χ4v) is 4.69. The molecule has 0 saturated carbocycles. The first-order chi connectivity index (χ1) is 17.4. The van der Waals surface area contributed by atoms with Crippen LogP contribution in [0, 0.1) is 13.8 Å². The van der Waals surface area contributed by atoms with Gasteiger partial charge in [-0.15, -0.1) is 0 Å². The molecule has 0 saturated heterocycles. The summed E-state index contributed by atoms with van der Waals surface area (Å²) in [5, 5.41) is 13.0. The van der Waals surface area contributed by atoms with Gasteiger partial charge < -0.3 is 10.1 Å². The zero-order valence-electron chi connectivity index (χ0n) is 20.2. The van der Waals surface area contributed by atoms with Crippen LogP contribution in [0.5, 0.6) is 5.75 Å². The number of nitrogens with zero attached hydrogens (tertiary/aromatic N) is 5. The summed E-state index contributed by atoms with van der Waals surface area (Å²) >= 11 is 3.51. The van der Waals surface area contributed by atoms with Crippen LogP contribution in [0.15, 0.2) is 71.5 Å². The van der Waals surface area contributed by atoms with Crippen molar-refractivity contribution in [3.8, 4) is 16.9 Å². The molecule has 3 heterocycles. The van der Waals surface area contributed by atoms with Gasteiger partial charge in [0.15, 0.2) is 11.5 Å². The van der Waals surface area contributed by atoms with Crippen molar-refractivity contribution in [2.24, 2.45) is 0 Å². The zero-order valence-corrected chi connectivity index (χ0v) is 21.8. The topological polar surface area (TPSA) is 86.9 Å². The molecule has 0 fully saturated rings. The lowest BCUT2D eigenvalue weighted by molar-refractivity contribution is -0.116. The highest BCUT2D eigenvalue weighted by atomic mass is 79.9. The van der Waals surface area contributed by atoms with Crippen molar-refractivity contribution in [1.29, 1.82) is 0 Å². The molecule has 0 radical (unpaired) electrons. The minimum atomic E-state index is -0.238. The maximum absolute atomic E-state index is 12.9. The summed E-state index contributed by atoms with van der Waals surface area (Å²) in [6.45, 7) is 4.61. The molecular weight excluding hydrogens is 520 g/mol. The number of halogens is 1. The molecule has 0 unspecified atom stereocenters. The van der Waals surface area contributed by atoms with Crippen molar-refractivity contribution in [2.45, 2.75) is 26.9 Å². The molecule has 1 N–H and O–H groups in total. The molecular formula is C27H25BrN6O2. The number of fused-ring (bicyclic) bond motifs is 1. The van der Waals surface area contributed by atoms with E-state index in [9.17, 15) is 4.79 Å². The zero-order chi connectivity index (χ0) is 25.2. The average molecular weight is 545 g/mol. The number of ether oxygens (including phenoxy) is 1. The molecule has 3 aromatic heterocycles. The Balaban J connectivity index is 1.35. The lowest BCUT2D eigenvalue weighted by atomic mass is 10.0. The van der Waals surface area contributed by atoms with Crippen molar-refractivity contribution >= 4 is 38.7 Å². The van der Waals surface area contributed by atoms with Gasteiger partial charge in [0.2, 0.25) is 5.91 Å². The number of carbonyl (C=O) groups excluding carboxylic acids is 1. The van der Waals surface area contributed by atoms with E-state index in [0.717, 1.165) is 33.5 Å². The molecule has 2 aromatic carbocycles. The van der Waals surface area contributed by atoms with Gasteiger partial charge in [0.05, 0.1) is 23.8 Å². The highest BCUT2D eigenvalue weighted by molar-refractivity contribution is 9.10. The third kappa shape index (κ3) is 4.87. The van der Waals surface area contributed by atoms with E-state index in [0.29, 0.717) is 22.5 Å². The van der Waals surface area contributed by atoms with Crippen LogP contribution < -0.4 is 10.1 Å². The van der Waals surface area contributed by atoms with Gasteiger partial charge in [-0.25, -0.2) is 9.67 Å². The molecule has 0 aliphatic carbocycles. The van der Waals surface area contributed by atoms with Crippen molar-refractivity contribution in [3.05, 3.63) is 88.3 Å². The number of pyridine rings is 1. The van der Waals surface area contributed by atoms with Crippen LogP contribution in [0.2, 0.25) is 0 Å². The molecule has 8 nitrogen and oxygen atoms in total. The van der Waals surface area contributed by atoms with Crippen molar-refractivity contribution < 1.29 is 9.53 Å². The number of aromatic nitrogens is 5. The first-order valence-corrected chi connectivity index (χ1v) is 12.3. The summed E-state index contributed by atoms with van der Waals surface area (Å²) in [7, 11) is 1.64. The Morgan fingerprint density at radius 1 is 1.08 bits per heavy atom. The van der Waals surface area contributed by atoms with Crippen LogP contribution in [0.4, 0.5) is 5.82 Å². The van der Waals surface area contributed by atoms with Gasteiger partial charge in [-0.2, -0.15) is 10.2 Å². The maximum Gasteiger partial charge on any atom is 0.247 e. The Morgan fingerprint density at radius 3 is 2.64 bits per heavy atom. The lowest BCUT2D eigenvalue weighted by Crippen LogP contribution is -2.20. The Morgan fingerprint density at radius 2 is 1.89 bits per heavy atom. The monoisotopic (exact) mass is 544 g/mol. The number of rotatable bonds is 7. The van der Waals surface area contributed by atoms with Crippen LogP contribution in [0.1, 0.15) is 16.8 Å². The number of benzene rings is 2. The molecule has 0 bridgehead atoms. The molecule has 0 atom stereocenters. The van der Waals surface area contributed by atoms with Gasteiger partial charge in [-0.1, -0.05) is 42.0 Å². The number of carbonyl (C=O) groups is 1. The molecule has 5 aromatic rings. The van der Waals surface area contributed by atoms with Crippen LogP contribution >= 0.6 is 15.9 Å². The number of methoxy groups -OCH3 is 1. The number of amides is 1. The minimum Gasteiger partial charge on any atom is -0.497 e. The highest BCUT2D eigenvalue weighted by Gasteiger charge is 2.17. The molecule has 182 valence electrons. The third-order valence-electron chi connectivity index (χ3n) is 5.90.